The van der Waals surface area contributed by atoms with Gasteiger partial charge in [0.25, 0.3) is 0 Å². The number of alkyl halides is 3. The molecule has 6 rings (SSSR count). The van der Waals surface area contributed by atoms with Crippen LogP contribution in [-0.4, -0.2) is 64.1 Å². The molecule has 1 unspecified atom stereocenters. The van der Waals surface area contributed by atoms with Gasteiger partial charge in [0, 0.05) is 62.2 Å². The predicted molar refractivity (Wildman–Crippen MR) is 124 cm³/mol. The predicted octanol–water partition coefficient (Wildman–Crippen LogP) is 3.32. The van der Waals surface area contributed by atoms with Crippen molar-refractivity contribution in [2.75, 3.05) is 24.5 Å². The van der Waals surface area contributed by atoms with Crippen molar-refractivity contribution in [2.24, 2.45) is 0 Å². The van der Waals surface area contributed by atoms with Crippen molar-refractivity contribution < 1.29 is 13.2 Å². The molecular formula is C23H21F3N10. The SMILES string of the molecule is FC(F)(F)c1ccc2ncc(-c3nccc(N4CCN(Cc5cnc[nH]5)C(c5cn[nH]c5)C4)n3)n2c1. The maximum absolute atomic E-state index is 13.3. The summed E-state index contributed by atoms with van der Waals surface area (Å²) in [5.41, 5.74) is 2.09. The second-order valence-corrected chi connectivity index (χ2v) is 8.57. The van der Waals surface area contributed by atoms with Gasteiger partial charge in [0.15, 0.2) is 5.82 Å². The first-order valence-corrected chi connectivity index (χ1v) is 11.3. The van der Waals surface area contributed by atoms with Crippen LogP contribution in [0.1, 0.15) is 22.9 Å². The molecule has 1 saturated heterocycles. The molecule has 0 aliphatic carbocycles. The van der Waals surface area contributed by atoms with Gasteiger partial charge in [-0.2, -0.15) is 18.3 Å². The van der Waals surface area contributed by atoms with Gasteiger partial charge in [0.2, 0.25) is 0 Å². The molecule has 13 heteroatoms. The molecule has 5 aromatic rings. The number of pyridine rings is 1. The normalized spacial score (nSPS) is 17.2. The molecule has 36 heavy (non-hydrogen) atoms. The number of anilines is 1. The minimum Gasteiger partial charge on any atom is -0.353 e. The van der Waals surface area contributed by atoms with E-state index in [0.29, 0.717) is 42.6 Å². The van der Waals surface area contributed by atoms with E-state index < -0.39 is 11.7 Å². The van der Waals surface area contributed by atoms with Crippen molar-refractivity contribution in [3.8, 4) is 11.5 Å². The van der Waals surface area contributed by atoms with Crippen LogP contribution in [-0.2, 0) is 12.7 Å². The van der Waals surface area contributed by atoms with E-state index in [2.05, 4.69) is 39.9 Å². The molecule has 1 atom stereocenters. The van der Waals surface area contributed by atoms with Crippen LogP contribution in [0, 0.1) is 0 Å². The lowest BCUT2D eigenvalue weighted by molar-refractivity contribution is -0.137. The Balaban J connectivity index is 1.30. The van der Waals surface area contributed by atoms with Crippen LogP contribution < -0.4 is 4.90 Å². The van der Waals surface area contributed by atoms with Crippen LogP contribution in [0.4, 0.5) is 19.0 Å². The van der Waals surface area contributed by atoms with E-state index in [1.807, 2.05) is 24.7 Å². The summed E-state index contributed by atoms with van der Waals surface area (Å²) in [6.45, 7) is 2.83. The third-order valence-electron chi connectivity index (χ3n) is 6.35. The monoisotopic (exact) mass is 494 g/mol. The van der Waals surface area contributed by atoms with Gasteiger partial charge in [-0.15, -0.1) is 0 Å². The van der Waals surface area contributed by atoms with Crippen molar-refractivity contribution in [1.82, 2.24) is 44.4 Å². The third-order valence-corrected chi connectivity index (χ3v) is 6.35. The molecule has 0 radical (unpaired) electrons. The Morgan fingerprint density at radius 2 is 1.97 bits per heavy atom. The smallest absolute Gasteiger partial charge is 0.353 e. The molecule has 1 aliphatic heterocycles. The summed E-state index contributed by atoms with van der Waals surface area (Å²) < 4.78 is 41.2. The van der Waals surface area contributed by atoms with Gasteiger partial charge in [-0.1, -0.05) is 0 Å². The Kier molecular flexibility index (Phi) is 5.40. The lowest BCUT2D eigenvalue weighted by Crippen LogP contribution is -2.48. The fourth-order valence-corrected chi connectivity index (χ4v) is 4.53. The minimum atomic E-state index is -4.46. The number of halogens is 3. The van der Waals surface area contributed by atoms with Crippen LogP contribution in [0.15, 0.2) is 61.7 Å². The van der Waals surface area contributed by atoms with Crippen molar-refractivity contribution in [3.05, 3.63) is 78.5 Å². The van der Waals surface area contributed by atoms with Crippen molar-refractivity contribution in [1.29, 1.82) is 0 Å². The summed E-state index contributed by atoms with van der Waals surface area (Å²) in [4.78, 5) is 25.0. The molecular weight excluding hydrogens is 473 g/mol. The molecule has 0 amide bonds. The number of rotatable bonds is 5. The minimum absolute atomic E-state index is 0.0457. The van der Waals surface area contributed by atoms with Gasteiger partial charge >= 0.3 is 6.18 Å². The highest BCUT2D eigenvalue weighted by Crippen LogP contribution is 2.32. The zero-order valence-electron chi connectivity index (χ0n) is 18.9. The molecule has 10 nitrogen and oxygen atoms in total. The number of hydrogen-bond donors (Lipinski definition) is 2. The molecule has 5 aromatic heterocycles. The van der Waals surface area contributed by atoms with E-state index in [1.165, 1.54) is 16.7 Å². The fraction of sp³-hybridized carbons (Fsp3) is 0.261. The summed E-state index contributed by atoms with van der Waals surface area (Å²) in [5, 5.41) is 7.01. The van der Waals surface area contributed by atoms with Gasteiger partial charge in [-0.05, 0) is 18.2 Å². The highest BCUT2D eigenvalue weighted by Gasteiger charge is 2.32. The number of H-pyrrole nitrogens is 2. The van der Waals surface area contributed by atoms with Crippen molar-refractivity contribution in [3.63, 3.8) is 0 Å². The molecule has 0 bridgehead atoms. The van der Waals surface area contributed by atoms with Crippen LogP contribution in [0.5, 0.6) is 0 Å². The Hall–Kier alpha value is -4.26. The molecule has 6 heterocycles. The summed E-state index contributed by atoms with van der Waals surface area (Å²) in [7, 11) is 0. The van der Waals surface area contributed by atoms with Gasteiger partial charge < -0.3 is 9.88 Å². The first kappa shape index (κ1) is 22.2. The number of piperazine rings is 1. The van der Waals surface area contributed by atoms with Crippen LogP contribution in [0.3, 0.4) is 0 Å². The van der Waals surface area contributed by atoms with E-state index in [-0.39, 0.29) is 6.04 Å². The van der Waals surface area contributed by atoms with E-state index in [0.717, 1.165) is 30.1 Å². The topological polar surface area (TPSA) is 107 Å². The number of imidazole rings is 2. The molecule has 0 saturated carbocycles. The van der Waals surface area contributed by atoms with Gasteiger partial charge in [-0.3, -0.25) is 14.4 Å². The van der Waals surface area contributed by atoms with Gasteiger partial charge in [0.1, 0.15) is 17.2 Å². The van der Waals surface area contributed by atoms with Gasteiger partial charge in [0.05, 0.1) is 30.3 Å². The number of aromatic nitrogens is 8. The molecule has 2 N–H and O–H groups in total. The van der Waals surface area contributed by atoms with Crippen LogP contribution in [0.25, 0.3) is 17.2 Å². The van der Waals surface area contributed by atoms with E-state index >= 15 is 0 Å². The maximum atomic E-state index is 13.3. The highest BCUT2D eigenvalue weighted by molar-refractivity contribution is 5.59. The molecule has 184 valence electrons. The van der Waals surface area contributed by atoms with Crippen molar-refractivity contribution in [2.45, 2.75) is 18.8 Å². The number of hydrogen-bond acceptors (Lipinski definition) is 7. The average molecular weight is 494 g/mol. The first-order chi connectivity index (χ1) is 17.5. The Morgan fingerprint density at radius 3 is 2.75 bits per heavy atom. The van der Waals surface area contributed by atoms with Gasteiger partial charge in [-0.25, -0.2) is 19.9 Å². The molecule has 1 aliphatic rings. The summed E-state index contributed by atoms with van der Waals surface area (Å²) >= 11 is 0. The van der Waals surface area contributed by atoms with Crippen molar-refractivity contribution >= 4 is 11.5 Å². The highest BCUT2D eigenvalue weighted by atomic mass is 19.4. The maximum Gasteiger partial charge on any atom is 0.417 e. The van der Waals surface area contributed by atoms with Crippen LogP contribution in [0.2, 0.25) is 0 Å². The number of nitrogens with zero attached hydrogens (tertiary/aromatic N) is 8. The van der Waals surface area contributed by atoms with E-state index in [1.54, 1.807) is 12.5 Å². The second kappa shape index (κ2) is 8.75. The van der Waals surface area contributed by atoms with E-state index in [4.69, 9.17) is 4.98 Å². The molecule has 1 fully saturated rings. The second-order valence-electron chi connectivity index (χ2n) is 8.57. The van der Waals surface area contributed by atoms with E-state index in [9.17, 15) is 13.2 Å². The number of nitrogens with one attached hydrogen (secondary N) is 2. The molecule has 0 aromatic carbocycles. The first-order valence-electron chi connectivity index (χ1n) is 11.3. The Bertz CT molecular complexity index is 1460. The number of aromatic amines is 2. The zero-order chi connectivity index (χ0) is 24.7. The lowest BCUT2D eigenvalue weighted by atomic mass is 10.1. The summed E-state index contributed by atoms with van der Waals surface area (Å²) in [6.07, 6.45) is 6.85. The molecule has 0 spiro atoms. The summed E-state index contributed by atoms with van der Waals surface area (Å²) in [6, 6.07) is 4.21. The fourth-order valence-electron chi connectivity index (χ4n) is 4.53. The summed E-state index contributed by atoms with van der Waals surface area (Å²) in [5.74, 6) is 0.996. The average Bonchev–Trinajstić information content (AvgIpc) is 3.65. The number of fused-ring (bicyclic) bond motifs is 1. The third kappa shape index (κ3) is 4.17. The lowest BCUT2D eigenvalue weighted by Gasteiger charge is -2.41. The Morgan fingerprint density at radius 1 is 1.06 bits per heavy atom. The van der Waals surface area contributed by atoms with Crippen LogP contribution >= 0.6 is 0 Å². The Labute approximate surface area is 202 Å². The standard InChI is InChI=1S/C23H21F3N10/c24-23(25,26)16-1-2-20-29-10-18(36(20)11-16)22-28-4-3-21(33-22)35-6-5-34(12-17-9-27-14-30-17)19(13-35)15-7-31-32-8-15/h1-4,7-11,14,19H,5-6,12-13H2,(H,27,30)(H,31,32). The zero-order valence-corrected chi connectivity index (χ0v) is 18.9. The quantitative estimate of drug-likeness (QED) is 0.386. The largest absolute Gasteiger partial charge is 0.417 e.